The highest BCUT2D eigenvalue weighted by Gasteiger charge is 2.12. The van der Waals surface area contributed by atoms with Crippen LogP contribution in [0.5, 0.6) is 5.75 Å². The van der Waals surface area contributed by atoms with Gasteiger partial charge in [-0.2, -0.15) is 0 Å². The monoisotopic (exact) mass is 353 g/mol. The number of benzene rings is 2. The number of nitrogens with zero attached hydrogens (tertiary/aromatic N) is 1. The van der Waals surface area contributed by atoms with Gasteiger partial charge in [-0.05, 0) is 31.0 Å². The number of thiazole rings is 1. The summed E-state index contributed by atoms with van der Waals surface area (Å²) in [6.07, 6.45) is 0. The van der Waals surface area contributed by atoms with Gasteiger partial charge >= 0.3 is 0 Å². The average molecular weight is 353 g/mol. The highest BCUT2D eigenvalue weighted by Crippen LogP contribution is 2.29. The Bertz CT molecular complexity index is 885. The molecule has 0 aliphatic rings. The number of carbonyl (C=O) groups is 1. The zero-order chi connectivity index (χ0) is 17.8. The molecule has 1 aromatic heterocycles. The quantitative estimate of drug-likeness (QED) is 0.726. The minimum Gasteiger partial charge on any atom is -0.483 e. The predicted molar refractivity (Wildman–Crippen MR) is 102 cm³/mol. The molecule has 0 radical (unpaired) electrons. The van der Waals surface area contributed by atoms with Crippen LogP contribution in [-0.4, -0.2) is 17.5 Å². The summed E-state index contributed by atoms with van der Waals surface area (Å²) in [7, 11) is 0. The summed E-state index contributed by atoms with van der Waals surface area (Å²) in [4.78, 5) is 16.6. The SMILES string of the molecule is Cc1cccc(C)c1OCC(=O)Nc1ccccc1-c1csc(N)n1. The van der Waals surface area contributed by atoms with Crippen LogP contribution in [0.25, 0.3) is 11.3 Å². The van der Waals surface area contributed by atoms with Gasteiger partial charge < -0.3 is 15.8 Å². The van der Waals surface area contributed by atoms with Crippen molar-refractivity contribution in [3.05, 3.63) is 59.0 Å². The highest BCUT2D eigenvalue weighted by molar-refractivity contribution is 7.13. The van der Waals surface area contributed by atoms with Crippen molar-refractivity contribution in [1.82, 2.24) is 4.98 Å². The third-order valence-corrected chi connectivity index (χ3v) is 4.43. The van der Waals surface area contributed by atoms with Crippen LogP contribution in [-0.2, 0) is 4.79 Å². The van der Waals surface area contributed by atoms with Crippen LogP contribution >= 0.6 is 11.3 Å². The van der Waals surface area contributed by atoms with Crippen LogP contribution in [0.3, 0.4) is 0 Å². The molecule has 0 aliphatic carbocycles. The second-order valence-electron chi connectivity index (χ2n) is 5.67. The summed E-state index contributed by atoms with van der Waals surface area (Å²) in [5, 5.41) is 5.25. The van der Waals surface area contributed by atoms with Crippen LogP contribution in [0, 0.1) is 13.8 Å². The molecule has 6 heteroatoms. The molecular formula is C19H19N3O2S. The van der Waals surface area contributed by atoms with E-state index < -0.39 is 0 Å². The van der Waals surface area contributed by atoms with E-state index >= 15 is 0 Å². The van der Waals surface area contributed by atoms with E-state index in [0.717, 1.165) is 28.1 Å². The number of rotatable bonds is 5. The molecule has 2 aromatic carbocycles. The molecule has 25 heavy (non-hydrogen) atoms. The molecule has 128 valence electrons. The lowest BCUT2D eigenvalue weighted by Crippen LogP contribution is -2.21. The van der Waals surface area contributed by atoms with Crippen LogP contribution < -0.4 is 15.8 Å². The Hall–Kier alpha value is -2.86. The van der Waals surface area contributed by atoms with E-state index in [4.69, 9.17) is 10.5 Å². The van der Waals surface area contributed by atoms with E-state index in [1.165, 1.54) is 11.3 Å². The predicted octanol–water partition coefficient (Wildman–Crippen LogP) is 4.03. The van der Waals surface area contributed by atoms with Crippen molar-refractivity contribution in [1.29, 1.82) is 0 Å². The molecule has 5 nitrogen and oxygen atoms in total. The maximum absolute atomic E-state index is 12.3. The number of nitrogens with one attached hydrogen (secondary N) is 1. The molecule has 0 saturated carbocycles. The topological polar surface area (TPSA) is 77.2 Å². The van der Waals surface area contributed by atoms with Crippen molar-refractivity contribution in [3.8, 4) is 17.0 Å². The first-order valence-electron chi connectivity index (χ1n) is 7.84. The van der Waals surface area contributed by atoms with Gasteiger partial charge in [0, 0.05) is 10.9 Å². The molecule has 0 atom stereocenters. The van der Waals surface area contributed by atoms with E-state index in [1.54, 1.807) is 0 Å². The summed E-state index contributed by atoms with van der Waals surface area (Å²) in [6.45, 7) is 3.86. The van der Waals surface area contributed by atoms with E-state index in [9.17, 15) is 4.79 Å². The van der Waals surface area contributed by atoms with Gasteiger partial charge in [0.05, 0.1) is 11.4 Å². The Morgan fingerprint density at radius 2 is 1.88 bits per heavy atom. The number of ether oxygens (including phenoxy) is 1. The molecule has 0 fully saturated rings. The minimum atomic E-state index is -0.224. The lowest BCUT2D eigenvalue weighted by molar-refractivity contribution is -0.118. The van der Waals surface area contributed by atoms with Crippen LogP contribution in [0.4, 0.5) is 10.8 Å². The van der Waals surface area contributed by atoms with E-state index in [1.807, 2.05) is 61.7 Å². The number of aryl methyl sites for hydroxylation is 2. The number of aromatic nitrogens is 1. The largest absolute Gasteiger partial charge is 0.483 e. The molecule has 0 bridgehead atoms. The molecular weight excluding hydrogens is 334 g/mol. The second-order valence-corrected chi connectivity index (χ2v) is 6.56. The van der Waals surface area contributed by atoms with Crippen LogP contribution in [0.15, 0.2) is 47.8 Å². The molecule has 3 N–H and O–H groups in total. The average Bonchev–Trinajstić information content (AvgIpc) is 3.01. The first-order chi connectivity index (χ1) is 12.0. The van der Waals surface area contributed by atoms with Crippen LogP contribution in [0.2, 0.25) is 0 Å². The normalized spacial score (nSPS) is 10.5. The van der Waals surface area contributed by atoms with Gasteiger partial charge in [0.2, 0.25) is 0 Å². The molecule has 3 aromatic rings. The van der Waals surface area contributed by atoms with E-state index in [2.05, 4.69) is 10.3 Å². The summed E-state index contributed by atoms with van der Waals surface area (Å²) < 4.78 is 5.71. The van der Waals surface area contributed by atoms with Gasteiger partial charge in [-0.3, -0.25) is 4.79 Å². The summed E-state index contributed by atoms with van der Waals surface area (Å²) >= 11 is 1.37. The lowest BCUT2D eigenvalue weighted by Gasteiger charge is -2.13. The third-order valence-electron chi connectivity index (χ3n) is 3.76. The smallest absolute Gasteiger partial charge is 0.262 e. The zero-order valence-electron chi connectivity index (χ0n) is 14.1. The molecule has 0 spiro atoms. The van der Waals surface area contributed by atoms with Gasteiger partial charge in [-0.1, -0.05) is 36.4 Å². The fraction of sp³-hybridized carbons (Fsp3) is 0.158. The fourth-order valence-electron chi connectivity index (χ4n) is 2.58. The van der Waals surface area contributed by atoms with Crippen molar-refractivity contribution in [2.75, 3.05) is 17.7 Å². The summed E-state index contributed by atoms with van der Waals surface area (Å²) in [5.74, 6) is 0.525. The van der Waals surface area contributed by atoms with Crippen molar-refractivity contribution in [3.63, 3.8) is 0 Å². The number of para-hydroxylation sites is 2. The number of amides is 1. The van der Waals surface area contributed by atoms with Crippen LogP contribution in [0.1, 0.15) is 11.1 Å². The lowest BCUT2D eigenvalue weighted by atomic mass is 10.1. The molecule has 0 unspecified atom stereocenters. The Balaban J connectivity index is 1.72. The number of carbonyl (C=O) groups excluding carboxylic acids is 1. The molecule has 0 aliphatic heterocycles. The highest BCUT2D eigenvalue weighted by atomic mass is 32.1. The fourth-order valence-corrected chi connectivity index (χ4v) is 3.14. The van der Waals surface area contributed by atoms with Gasteiger partial charge in [0.25, 0.3) is 5.91 Å². The van der Waals surface area contributed by atoms with Gasteiger partial charge in [0.15, 0.2) is 11.7 Å². The number of hydrogen-bond donors (Lipinski definition) is 2. The maximum atomic E-state index is 12.3. The maximum Gasteiger partial charge on any atom is 0.262 e. The van der Waals surface area contributed by atoms with E-state index in [-0.39, 0.29) is 12.5 Å². The van der Waals surface area contributed by atoms with Crippen molar-refractivity contribution in [2.24, 2.45) is 0 Å². The van der Waals surface area contributed by atoms with Gasteiger partial charge in [0.1, 0.15) is 5.75 Å². The Morgan fingerprint density at radius 3 is 2.56 bits per heavy atom. The third kappa shape index (κ3) is 3.97. The van der Waals surface area contributed by atoms with Gasteiger partial charge in [-0.25, -0.2) is 4.98 Å². The summed E-state index contributed by atoms with van der Waals surface area (Å²) in [6, 6.07) is 13.4. The Morgan fingerprint density at radius 1 is 1.16 bits per heavy atom. The number of hydrogen-bond acceptors (Lipinski definition) is 5. The zero-order valence-corrected chi connectivity index (χ0v) is 14.9. The molecule has 1 amide bonds. The number of nitrogens with two attached hydrogens (primary N) is 1. The van der Waals surface area contributed by atoms with Crippen molar-refractivity contribution in [2.45, 2.75) is 13.8 Å². The van der Waals surface area contributed by atoms with Gasteiger partial charge in [-0.15, -0.1) is 11.3 Å². The summed E-state index contributed by atoms with van der Waals surface area (Å²) in [5.41, 5.74) is 9.98. The molecule has 0 saturated heterocycles. The first kappa shape index (κ1) is 17.0. The second kappa shape index (κ2) is 7.36. The molecule has 1 heterocycles. The number of nitrogen functional groups attached to an aromatic ring is 1. The van der Waals surface area contributed by atoms with Crippen molar-refractivity contribution >= 4 is 28.1 Å². The van der Waals surface area contributed by atoms with Crippen molar-refractivity contribution < 1.29 is 9.53 Å². The number of anilines is 2. The Labute approximate surface area is 150 Å². The first-order valence-corrected chi connectivity index (χ1v) is 8.72. The standard InChI is InChI=1S/C19H19N3O2S/c1-12-6-5-7-13(2)18(12)24-10-17(23)21-15-9-4-3-8-14(15)16-11-25-19(20)22-16/h3-9,11H,10H2,1-2H3,(H2,20,22)(H,21,23). The molecule has 3 rings (SSSR count). The van der Waals surface area contributed by atoms with E-state index in [0.29, 0.717) is 10.8 Å². The Kier molecular flexibility index (Phi) is 5.00. The minimum absolute atomic E-state index is 0.0563.